The molecule has 3 rings (SSSR count). The van der Waals surface area contributed by atoms with Gasteiger partial charge in [0.25, 0.3) is 0 Å². The lowest BCUT2D eigenvalue weighted by Gasteiger charge is -2.36. The molecule has 0 spiro atoms. The molecule has 2 aromatic rings. The first kappa shape index (κ1) is 18.2. The number of ether oxygens (including phenoxy) is 1. The highest BCUT2D eigenvalue weighted by atomic mass is 35.5. The van der Waals surface area contributed by atoms with E-state index in [0.29, 0.717) is 30.3 Å². The molecule has 1 aromatic heterocycles. The highest BCUT2D eigenvalue weighted by Gasteiger charge is 2.31. The van der Waals surface area contributed by atoms with Gasteiger partial charge in [0.2, 0.25) is 0 Å². The molecule has 4 nitrogen and oxygen atoms in total. The van der Waals surface area contributed by atoms with E-state index in [1.165, 1.54) is 24.5 Å². The SMILES string of the molecule is COc1ccc(C(c2ccc(Cl)s2)N2CCC(C(=O)O)CC2)cc1F. The van der Waals surface area contributed by atoms with Gasteiger partial charge >= 0.3 is 5.97 Å². The van der Waals surface area contributed by atoms with Crippen molar-refractivity contribution in [1.82, 2.24) is 4.90 Å². The molecular formula is C18H19ClFNO3S. The van der Waals surface area contributed by atoms with Gasteiger partial charge in [-0.15, -0.1) is 11.3 Å². The van der Waals surface area contributed by atoms with Gasteiger partial charge in [-0.25, -0.2) is 4.39 Å². The third-order valence-corrected chi connectivity index (χ3v) is 5.88. The van der Waals surface area contributed by atoms with Crippen LogP contribution in [0.25, 0.3) is 0 Å². The standard InChI is InChI=1S/C18H19ClFNO3S/c1-24-14-3-2-12(10-13(14)20)17(15-4-5-16(19)25-15)21-8-6-11(7-9-21)18(22)23/h2-5,10-11,17H,6-9H2,1H3,(H,22,23). The third kappa shape index (κ3) is 3.97. The lowest BCUT2D eigenvalue weighted by atomic mass is 9.93. The van der Waals surface area contributed by atoms with Crippen LogP contribution in [-0.2, 0) is 4.79 Å². The Balaban J connectivity index is 1.91. The fourth-order valence-electron chi connectivity index (χ4n) is 3.29. The number of carbonyl (C=O) groups is 1. The molecule has 1 N–H and O–H groups in total. The Bertz CT molecular complexity index is 759. The number of hydrogen-bond acceptors (Lipinski definition) is 4. The zero-order chi connectivity index (χ0) is 18.0. The molecule has 0 saturated carbocycles. The van der Waals surface area contributed by atoms with Crippen LogP contribution >= 0.6 is 22.9 Å². The van der Waals surface area contributed by atoms with Crippen molar-refractivity contribution in [2.24, 2.45) is 5.92 Å². The molecule has 1 unspecified atom stereocenters. The summed E-state index contributed by atoms with van der Waals surface area (Å²) in [6.07, 6.45) is 1.17. The van der Waals surface area contributed by atoms with Crippen molar-refractivity contribution in [3.8, 4) is 5.75 Å². The smallest absolute Gasteiger partial charge is 0.306 e. The van der Waals surface area contributed by atoms with Crippen molar-refractivity contribution in [2.75, 3.05) is 20.2 Å². The van der Waals surface area contributed by atoms with Crippen LogP contribution in [0.5, 0.6) is 5.75 Å². The van der Waals surface area contributed by atoms with Gasteiger partial charge in [-0.3, -0.25) is 9.69 Å². The lowest BCUT2D eigenvalue weighted by molar-refractivity contribution is -0.143. The van der Waals surface area contributed by atoms with Crippen molar-refractivity contribution < 1.29 is 19.0 Å². The fraction of sp³-hybridized carbons (Fsp3) is 0.389. The van der Waals surface area contributed by atoms with Crippen LogP contribution in [0.1, 0.15) is 29.3 Å². The molecule has 0 bridgehead atoms. The van der Waals surface area contributed by atoms with Gasteiger partial charge in [0, 0.05) is 4.88 Å². The summed E-state index contributed by atoms with van der Waals surface area (Å²) in [5.74, 6) is -1.26. The Morgan fingerprint density at radius 2 is 2.08 bits per heavy atom. The maximum atomic E-state index is 14.2. The quantitative estimate of drug-likeness (QED) is 0.829. The third-order valence-electron chi connectivity index (χ3n) is 4.60. The first-order chi connectivity index (χ1) is 12.0. The van der Waals surface area contributed by atoms with Gasteiger partial charge in [0.15, 0.2) is 11.6 Å². The summed E-state index contributed by atoms with van der Waals surface area (Å²) >= 11 is 7.56. The number of thiophene rings is 1. The monoisotopic (exact) mass is 383 g/mol. The Hall–Kier alpha value is -1.63. The van der Waals surface area contributed by atoms with Crippen LogP contribution in [0.4, 0.5) is 4.39 Å². The van der Waals surface area contributed by atoms with Crippen molar-refractivity contribution >= 4 is 28.9 Å². The number of carboxylic acids is 1. The lowest BCUT2D eigenvalue weighted by Crippen LogP contribution is -2.39. The first-order valence-electron chi connectivity index (χ1n) is 8.05. The minimum absolute atomic E-state index is 0.146. The number of halogens is 2. The summed E-state index contributed by atoms with van der Waals surface area (Å²) in [7, 11) is 1.44. The fourth-order valence-corrected chi connectivity index (χ4v) is 4.51. The molecular weight excluding hydrogens is 365 g/mol. The largest absolute Gasteiger partial charge is 0.494 e. The van der Waals surface area contributed by atoms with Gasteiger partial charge in [-0.2, -0.15) is 0 Å². The zero-order valence-corrected chi connectivity index (χ0v) is 15.3. The maximum absolute atomic E-state index is 14.2. The number of aliphatic carboxylic acids is 1. The number of benzene rings is 1. The normalized spacial score (nSPS) is 17.4. The van der Waals surface area contributed by atoms with Crippen molar-refractivity contribution in [3.63, 3.8) is 0 Å². The number of methoxy groups -OCH3 is 1. The number of likely N-dealkylation sites (tertiary alicyclic amines) is 1. The van der Waals surface area contributed by atoms with Crippen LogP contribution in [0.15, 0.2) is 30.3 Å². The summed E-state index contributed by atoms with van der Waals surface area (Å²) in [6, 6.07) is 8.59. The van der Waals surface area contributed by atoms with Gasteiger partial charge in [-0.1, -0.05) is 17.7 Å². The molecule has 1 saturated heterocycles. The summed E-state index contributed by atoms with van der Waals surface area (Å²) in [4.78, 5) is 14.4. The molecule has 0 radical (unpaired) electrons. The van der Waals surface area contributed by atoms with Crippen LogP contribution in [0.2, 0.25) is 4.34 Å². The van der Waals surface area contributed by atoms with Crippen molar-refractivity contribution in [3.05, 3.63) is 50.9 Å². The average Bonchev–Trinajstić information content (AvgIpc) is 3.02. The number of piperidine rings is 1. The Kier molecular flexibility index (Phi) is 5.61. The zero-order valence-electron chi connectivity index (χ0n) is 13.7. The van der Waals surface area contributed by atoms with Crippen molar-refractivity contribution in [2.45, 2.75) is 18.9 Å². The number of rotatable bonds is 5. The first-order valence-corrected chi connectivity index (χ1v) is 9.24. The van der Waals surface area contributed by atoms with E-state index in [4.69, 9.17) is 16.3 Å². The molecule has 1 aliphatic heterocycles. The van der Waals surface area contributed by atoms with Crippen LogP contribution in [0.3, 0.4) is 0 Å². The van der Waals surface area contributed by atoms with Gasteiger partial charge in [-0.05, 0) is 55.8 Å². The maximum Gasteiger partial charge on any atom is 0.306 e. The second-order valence-corrected chi connectivity index (χ2v) is 7.83. The van der Waals surface area contributed by atoms with Crippen LogP contribution in [0, 0.1) is 11.7 Å². The minimum atomic E-state index is -0.745. The summed E-state index contributed by atoms with van der Waals surface area (Å²) in [6.45, 7) is 1.29. The molecule has 7 heteroatoms. The number of hydrogen-bond donors (Lipinski definition) is 1. The molecule has 25 heavy (non-hydrogen) atoms. The summed E-state index contributed by atoms with van der Waals surface area (Å²) in [5.41, 5.74) is 0.811. The van der Waals surface area contributed by atoms with Crippen LogP contribution < -0.4 is 4.74 Å². The molecule has 0 aliphatic carbocycles. The minimum Gasteiger partial charge on any atom is -0.494 e. The Labute approximate surface area is 154 Å². The molecule has 1 atom stereocenters. The summed E-state index contributed by atoms with van der Waals surface area (Å²) in [5, 5.41) is 9.20. The summed E-state index contributed by atoms with van der Waals surface area (Å²) < 4.78 is 19.9. The molecule has 1 fully saturated rings. The van der Waals surface area contributed by atoms with E-state index in [9.17, 15) is 14.3 Å². The molecule has 2 heterocycles. The van der Waals surface area contributed by atoms with E-state index in [0.717, 1.165) is 10.4 Å². The molecule has 134 valence electrons. The topological polar surface area (TPSA) is 49.8 Å². The molecule has 1 aromatic carbocycles. The molecule has 1 aliphatic rings. The average molecular weight is 384 g/mol. The van der Waals surface area contributed by atoms with Crippen molar-refractivity contribution in [1.29, 1.82) is 0 Å². The second-order valence-electron chi connectivity index (χ2n) is 6.09. The van der Waals surface area contributed by atoms with E-state index in [-0.39, 0.29) is 17.7 Å². The Morgan fingerprint density at radius 1 is 1.36 bits per heavy atom. The van der Waals surface area contributed by atoms with Gasteiger partial charge in [0.1, 0.15) is 0 Å². The number of nitrogens with zero attached hydrogens (tertiary/aromatic N) is 1. The predicted octanol–water partition coefficient (Wildman–Crippen LogP) is 4.44. The van der Waals surface area contributed by atoms with E-state index in [1.54, 1.807) is 6.07 Å². The van der Waals surface area contributed by atoms with Gasteiger partial charge in [0.05, 0.1) is 23.4 Å². The van der Waals surface area contributed by atoms with Crippen LogP contribution in [-0.4, -0.2) is 36.2 Å². The molecule has 0 amide bonds. The number of carboxylic acid groups (broad SMARTS) is 1. The highest BCUT2D eigenvalue weighted by molar-refractivity contribution is 7.16. The second kappa shape index (κ2) is 7.72. The van der Waals surface area contributed by atoms with E-state index < -0.39 is 11.8 Å². The predicted molar refractivity (Wildman–Crippen MR) is 96.1 cm³/mol. The highest BCUT2D eigenvalue weighted by Crippen LogP contribution is 2.38. The van der Waals surface area contributed by atoms with Gasteiger partial charge < -0.3 is 9.84 Å². The van der Waals surface area contributed by atoms with E-state index in [1.807, 2.05) is 18.2 Å². The van der Waals surface area contributed by atoms with E-state index >= 15 is 0 Å². The Morgan fingerprint density at radius 3 is 2.60 bits per heavy atom. The van der Waals surface area contributed by atoms with E-state index in [2.05, 4.69) is 4.90 Å².